The van der Waals surface area contributed by atoms with Crippen molar-refractivity contribution in [3.05, 3.63) is 53.2 Å². The van der Waals surface area contributed by atoms with Gasteiger partial charge in [0, 0.05) is 17.2 Å². The second-order valence-electron chi connectivity index (χ2n) is 5.97. The lowest BCUT2D eigenvalue weighted by Gasteiger charge is -2.11. The quantitative estimate of drug-likeness (QED) is 0.498. The van der Waals surface area contributed by atoms with E-state index in [0.717, 1.165) is 0 Å². The molecule has 7 heteroatoms. The number of carbonyl (C=O) groups is 1. The molecule has 0 aromatic heterocycles. The van der Waals surface area contributed by atoms with Gasteiger partial charge in [-0.05, 0) is 50.3 Å². The first-order valence-electron chi connectivity index (χ1n) is 9.24. The topological polar surface area (TPSA) is 75.6 Å². The van der Waals surface area contributed by atoms with Crippen molar-refractivity contribution in [2.24, 2.45) is 4.99 Å². The number of nitrogens with zero attached hydrogens (tertiary/aromatic N) is 1. The number of esters is 1. The number of methoxy groups -OCH3 is 2. The number of hydrogen-bond donors (Lipinski definition) is 0. The van der Waals surface area contributed by atoms with E-state index in [9.17, 15) is 4.79 Å². The van der Waals surface area contributed by atoms with Crippen LogP contribution in [0.3, 0.4) is 0 Å². The van der Waals surface area contributed by atoms with E-state index < -0.39 is 5.97 Å². The SMILES string of the molecule is CCOc1ccc(C2=NC(=Cc3ccc(OC)cc3OC)C(=O)O2)cc1OCC. The van der Waals surface area contributed by atoms with Crippen molar-refractivity contribution in [1.29, 1.82) is 0 Å². The van der Waals surface area contributed by atoms with Crippen LogP contribution in [-0.2, 0) is 9.53 Å². The van der Waals surface area contributed by atoms with Gasteiger partial charge in [0.2, 0.25) is 5.90 Å². The average Bonchev–Trinajstić information content (AvgIpc) is 3.10. The van der Waals surface area contributed by atoms with E-state index in [2.05, 4.69) is 4.99 Å². The van der Waals surface area contributed by atoms with E-state index >= 15 is 0 Å². The average molecular weight is 397 g/mol. The summed E-state index contributed by atoms with van der Waals surface area (Å²) in [5.41, 5.74) is 1.48. The zero-order valence-electron chi connectivity index (χ0n) is 16.9. The predicted octanol–water partition coefficient (Wildman–Crippen LogP) is 3.85. The van der Waals surface area contributed by atoms with Crippen molar-refractivity contribution in [2.75, 3.05) is 27.4 Å². The Morgan fingerprint density at radius 1 is 0.931 bits per heavy atom. The van der Waals surface area contributed by atoms with E-state index in [0.29, 0.717) is 47.3 Å². The van der Waals surface area contributed by atoms with Gasteiger partial charge in [0.05, 0.1) is 27.4 Å². The molecule has 0 unspecified atom stereocenters. The Balaban J connectivity index is 1.94. The first kappa shape index (κ1) is 20.3. The summed E-state index contributed by atoms with van der Waals surface area (Å²) in [4.78, 5) is 16.7. The summed E-state index contributed by atoms with van der Waals surface area (Å²) in [6.07, 6.45) is 1.62. The molecule has 0 saturated heterocycles. The Hall–Kier alpha value is -3.48. The Bertz CT molecular complexity index is 964. The third-order valence-electron chi connectivity index (χ3n) is 4.14. The fraction of sp³-hybridized carbons (Fsp3) is 0.273. The number of rotatable bonds is 8. The monoisotopic (exact) mass is 397 g/mol. The van der Waals surface area contributed by atoms with Gasteiger partial charge in [0.1, 0.15) is 11.5 Å². The van der Waals surface area contributed by atoms with Gasteiger partial charge in [0.15, 0.2) is 17.2 Å². The van der Waals surface area contributed by atoms with Crippen molar-refractivity contribution in [3.8, 4) is 23.0 Å². The molecular formula is C22H23NO6. The van der Waals surface area contributed by atoms with Gasteiger partial charge in [0.25, 0.3) is 0 Å². The smallest absolute Gasteiger partial charge is 0.363 e. The molecule has 0 fully saturated rings. The molecule has 0 saturated carbocycles. The Labute approximate surface area is 169 Å². The largest absolute Gasteiger partial charge is 0.497 e. The van der Waals surface area contributed by atoms with Gasteiger partial charge in [-0.1, -0.05) is 0 Å². The molecule has 0 bridgehead atoms. The normalized spacial score (nSPS) is 14.4. The van der Waals surface area contributed by atoms with Crippen LogP contribution < -0.4 is 18.9 Å². The van der Waals surface area contributed by atoms with Crippen LogP contribution in [0.4, 0.5) is 0 Å². The summed E-state index contributed by atoms with van der Waals surface area (Å²) < 4.78 is 27.1. The van der Waals surface area contributed by atoms with Crippen molar-refractivity contribution in [3.63, 3.8) is 0 Å². The van der Waals surface area contributed by atoms with Gasteiger partial charge in [-0.25, -0.2) is 9.79 Å². The molecule has 0 amide bonds. The highest BCUT2D eigenvalue weighted by Gasteiger charge is 2.25. The van der Waals surface area contributed by atoms with E-state index in [1.165, 1.54) is 0 Å². The van der Waals surface area contributed by atoms with Crippen LogP contribution in [-0.4, -0.2) is 39.3 Å². The summed E-state index contributed by atoms with van der Waals surface area (Å²) in [6, 6.07) is 10.6. The highest BCUT2D eigenvalue weighted by molar-refractivity contribution is 6.13. The predicted molar refractivity (Wildman–Crippen MR) is 109 cm³/mol. The molecule has 29 heavy (non-hydrogen) atoms. The van der Waals surface area contributed by atoms with Crippen LogP contribution in [0.25, 0.3) is 6.08 Å². The molecule has 0 N–H and O–H groups in total. The van der Waals surface area contributed by atoms with Crippen molar-refractivity contribution < 1.29 is 28.5 Å². The molecule has 0 aliphatic carbocycles. The Morgan fingerprint density at radius 3 is 2.38 bits per heavy atom. The molecule has 0 atom stereocenters. The Morgan fingerprint density at radius 2 is 1.69 bits per heavy atom. The van der Waals surface area contributed by atoms with Gasteiger partial charge in [-0.2, -0.15) is 0 Å². The van der Waals surface area contributed by atoms with E-state index in [4.69, 9.17) is 23.7 Å². The second-order valence-corrected chi connectivity index (χ2v) is 5.97. The lowest BCUT2D eigenvalue weighted by Crippen LogP contribution is -2.06. The first-order chi connectivity index (χ1) is 14.1. The molecular weight excluding hydrogens is 374 g/mol. The zero-order valence-corrected chi connectivity index (χ0v) is 16.9. The van der Waals surface area contributed by atoms with E-state index in [-0.39, 0.29) is 11.6 Å². The molecule has 1 aliphatic heterocycles. The second kappa shape index (κ2) is 9.14. The molecule has 2 aromatic rings. The maximum absolute atomic E-state index is 12.3. The Kier molecular flexibility index (Phi) is 6.39. The highest BCUT2D eigenvalue weighted by Crippen LogP contribution is 2.31. The van der Waals surface area contributed by atoms with Crippen molar-refractivity contribution in [2.45, 2.75) is 13.8 Å². The first-order valence-corrected chi connectivity index (χ1v) is 9.24. The number of aliphatic imine (C=N–C) groups is 1. The number of cyclic esters (lactones) is 1. The lowest BCUT2D eigenvalue weighted by atomic mass is 10.1. The van der Waals surface area contributed by atoms with Crippen LogP contribution in [0.2, 0.25) is 0 Å². The molecule has 2 aromatic carbocycles. The number of carbonyl (C=O) groups excluding carboxylic acids is 1. The number of hydrogen-bond acceptors (Lipinski definition) is 7. The lowest BCUT2D eigenvalue weighted by molar-refractivity contribution is -0.129. The summed E-state index contributed by atoms with van der Waals surface area (Å²) in [6.45, 7) is 4.79. The fourth-order valence-electron chi connectivity index (χ4n) is 2.80. The minimum atomic E-state index is -0.537. The number of ether oxygens (including phenoxy) is 5. The molecule has 7 nitrogen and oxygen atoms in total. The van der Waals surface area contributed by atoms with Crippen molar-refractivity contribution in [1.82, 2.24) is 0 Å². The van der Waals surface area contributed by atoms with E-state index in [1.54, 1.807) is 56.7 Å². The number of benzene rings is 2. The minimum Gasteiger partial charge on any atom is -0.497 e. The highest BCUT2D eigenvalue weighted by atomic mass is 16.6. The summed E-state index contributed by atoms with van der Waals surface area (Å²) in [5, 5.41) is 0. The molecule has 1 heterocycles. The van der Waals surface area contributed by atoms with Crippen LogP contribution in [0.15, 0.2) is 47.1 Å². The standard InChI is InChI=1S/C22H23NO6/c1-5-27-18-10-8-15(12-20(18)28-6-2)21-23-17(22(24)29-21)11-14-7-9-16(25-3)13-19(14)26-4/h7-13H,5-6H2,1-4H3. The molecule has 1 aliphatic rings. The van der Waals surface area contributed by atoms with Crippen molar-refractivity contribution >= 4 is 17.9 Å². The van der Waals surface area contributed by atoms with Crippen LogP contribution in [0.5, 0.6) is 23.0 Å². The summed E-state index contributed by atoms with van der Waals surface area (Å²) in [5.74, 6) is 2.08. The van der Waals surface area contributed by atoms with E-state index in [1.807, 2.05) is 13.8 Å². The third-order valence-corrected chi connectivity index (χ3v) is 4.14. The minimum absolute atomic E-state index is 0.176. The van der Waals surface area contributed by atoms with Crippen LogP contribution in [0, 0.1) is 0 Å². The zero-order chi connectivity index (χ0) is 20.8. The molecule has 3 rings (SSSR count). The van der Waals surface area contributed by atoms with Gasteiger partial charge in [-0.15, -0.1) is 0 Å². The van der Waals surface area contributed by atoms with Gasteiger partial charge in [-0.3, -0.25) is 0 Å². The molecule has 0 spiro atoms. The fourth-order valence-corrected chi connectivity index (χ4v) is 2.80. The maximum atomic E-state index is 12.3. The summed E-state index contributed by atoms with van der Waals surface area (Å²) in [7, 11) is 3.12. The van der Waals surface area contributed by atoms with Gasteiger partial charge < -0.3 is 23.7 Å². The molecule has 152 valence electrons. The van der Waals surface area contributed by atoms with Gasteiger partial charge >= 0.3 is 5.97 Å². The maximum Gasteiger partial charge on any atom is 0.363 e. The van der Waals surface area contributed by atoms with Crippen LogP contribution >= 0.6 is 0 Å². The summed E-state index contributed by atoms with van der Waals surface area (Å²) >= 11 is 0. The van der Waals surface area contributed by atoms with Crippen LogP contribution in [0.1, 0.15) is 25.0 Å². The molecule has 0 radical (unpaired) electrons. The third kappa shape index (κ3) is 4.51.